The molecule has 1 saturated carbocycles. The predicted octanol–water partition coefficient (Wildman–Crippen LogP) is 3.04. The van der Waals surface area contributed by atoms with Crippen LogP contribution in [0.5, 0.6) is 0 Å². The lowest BCUT2D eigenvalue weighted by Gasteiger charge is -2.53. The van der Waals surface area contributed by atoms with Crippen LogP contribution in [0.1, 0.15) is 58.8 Å². The van der Waals surface area contributed by atoms with Gasteiger partial charge >= 0.3 is 5.97 Å². The Hall–Kier alpha value is -0.400. The Morgan fingerprint density at radius 2 is 1.70 bits per heavy atom. The average molecular weight is 405 g/mol. The van der Waals surface area contributed by atoms with Crippen molar-refractivity contribution in [3.63, 3.8) is 0 Å². The summed E-state index contributed by atoms with van der Waals surface area (Å²) in [6.45, 7) is 8.66. The summed E-state index contributed by atoms with van der Waals surface area (Å²) in [5.41, 5.74) is 0.00288. The molecule has 0 bridgehead atoms. The van der Waals surface area contributed by atoms with Gasteiger partial charge in [-0.2, -0.15) is 0 Å². The van der Waals surface area contributed by atoms with Crippen molar-refractivity contribution in [3.8, 4) is 0 Å². The van der Waals surface area contributed by atoms with Crippen molar-refractivity contribution in [2.45, 2.75) is 76.9 Å². The Morgan fingerprint density at radius 1 is 1.07 bits per heavy atom. The molecule has 0 spiro atoms. The van der Waals surface area contributed by atoms with Gasteiger partial charge in [-0.1, -0.05) is 6.92 Å². The van der Waals surface area contributed by atoms with Crippen LogP contribution in [0.15, 0.2) is 0 Å². The van der Waals surface area contributed by atoms with Crippen molar-refractivity contribution in [3.05, 3.63) is 0 Å². The molecular formula is C20H37ClN2O4. The molecule has 0 N–H and O–H groups in total. The van der Waals surface area contributed by atoms with E-state index in [0.717, 1.165) is 58.3 Å². The zero-order valence-electron chi connectivity index (χ0n) is 17.2. The molecule has 7 heteroatoms. The summed E-state index contributed by atoms with van der Waals surface area (Å²) in [7, 11) is 1.82. The van der Waals surface area contributed by atoms with E-state index in [1.807, 2.05) is 14.0 Å². The Labute approximate surface area is 170 Å². The zero-order chi connectivity index (χ0) is 18.6. The van der Waals surface area contributed by atoms with Gasteiger partial charge in [0, 0.05) is 33.3 Å². The molecule has 3 aliphatic rings. The Balaban J connectivity index is 0.00000261. The number of esters is 1. The largest absolute Gasteiger partial charge is 0.466 e. The van der Waals surface area contributed by atoms with E-state index in [2.05, 4.69) is 16.7 Å². The Bertz CT molecular complexity index is 453. The summed E-state index contributed by atoms with van der Waals surface area (Å²) in [5.74, 6) is 0.0305. The standard InChI is InChI=1S/C20H36N2O4.ClH/c1-4-20(24-3)14-22(15-20)19(21-12-6-7-13-21)26-17-10-8-16(9-11-17)18(23)25-5-2;/h16-17,19H,4-15H2,1-3H3;1H. The number of methoxy groups -OCH3 is 1. The van der Waals surface area contributed by atoms with E-state index in [4.69, 9.17) is 14.2 Å². The summed E-state index contributed by atoms with van der Waals surface area (Å²) in [5, 5.41) is 0. The number of ether oxygens (including phenoxy) is 3. The van der Waals surface area contributed by atoms with Crippen LogP contribution in [0.2, 0.25) is 0 Å². The van der Waals surface area contributed by atoms with E-state index < -0.39 is 0 Å². The number of hydrogen-bond donors (Lipinski definition) is 0. The maximum atomic E-state index is 11.9. The number of halogens is 1. The maximum absolute atomic E-state index is 11.9. The van der Waals surface area contributed by atoms with Gasteiger partial charge in [-0.3, -0.25) is 14.6 Å². The molecule has 2 saturated heterocycles. The number of hydrogen-bond acceptors (Lipinski definition) is 6. The van der Waals surface area contributed by atoms with E-state index >= 15 is 0 Å². The second kappa shape index (κ2) is 10.4. The van der Waals surface area contributed by atoms with Gasteiger partial charge in [0.25, 0.3) is 0 Å². The number of carbonyl (C=O) groups is 1. The second-order valence-electron chi connectivity index (χ2n) is 8.08. The highest BCUT2D eigenvalue weighted by Gasteiger charge is 2.47. The third-order valence-electron chi connectivity index (χ3n) is 6.43. The van der Waals surface area contributed by atoms with Crippen LogP contribution in [-0.2, 0) is 19.0 Å². The molecule has 0 aromatic carbocycles. The average Bonchev–Trinajstić information content (AvgIpc) is 3.16. The van der Waals surface area contributed by atoms with Gasteiger partial charge in [-0.05, 0) is 51.9 Å². The van der Waals surface area contributed by atoms with Gasteiger partial charge in [-0.25, -0.2) is 0 Å². The Kier molecular flexibility index (Phi) is 8.81. The smallest absolute Gasteiger partial charge is 0.308 e. The van der Waals surface area contributed by atoms with Crippen molar-refractivity contribution in [1.82, 2.24) is 9.80 Å². The summed E-state index contributed by atoms with van der Waals surface area (Å²) in [4.78, 5) is 16.8. The quantitative estimate of drug-likeness (QED) is 0.579. The highest BCUT2D eigenvalue weighted by molar-refractivity contribution is 5.85. The first-order valence-corrected chi connectivity index (χ1v) is 10.5. The minimum Gasteiger partial charge on any atom is -0.466 e. The molecular weight excluding hydrogens is 368 g/mol. The van der Waals surface area contributed by atoms with Crippen molar-refractivity contribution in [2.75, 3.05) is 39.9 Å². The lowest BCUT2D eigenvalue weighted by atomic mass is 9.87. The van der Waals surface area contributed by atoms with E-state index in [1.54, 1.807) is 0 Å². The van der Waals surface area contributed by atoms with E-state index in [9.17, 15) is 4.79 Å². The minimum absolute atomic E-state index is 0. The van der Waals surface area contributed by atoms with Gasteiger partial charge in [0.05, 0.1) is 24.2 Å². The predicted molar refractivity (Wildman–Crippen MR) is 107 cm³/mol. The van der Waals surface area contributed by atoms with Crippen molar-refractivity contribution in [1.29, 1.82) is 0 Å². The van der Waals surface area contributed by atoms with Crippen molar-refractivity contribution in [2.24, 2.45) is 5.92 Å². The van der Waals surface area contributed by atoms with Crippen LogP contribution in [-0.4, -0.2) is 73.7 Å². The number of rotatable bonds is 8. The molecule has 2 heterocycles. The lowest BCUT2D eigenvalue weighted by molar-refractivity contribution is -0.249. The zero-order valence-corrected chi connectivity index (χ0v) is 18.0. The summed E-state index contributed by atoms with van der Waals surface area (Å²) in [6.07, 6.45) is 7.52. The summed E-state index contributed by atoms with van der Waals surface area (Å²) in [6, 6.07) is 0. The molecule has 27 heavy (non-hydrogen) atoms. The molecule has 2 aliphatic heterocycles. The first-order chi connectivity index (χ1) is 12.6. The van der Waals surface area contributed by atoms with E-state index in [0.29, 0.717) is 6.61 Å². The minimum atomic E-state index is -0.0300. The third kappa shape index (κ3) is 5.36. The van der Waals surface area contributed by atoms with Crippen LogP contribution < -0.4 is 0 Å². The van der Waals surface area contributed by atoms with Gasteiger partial charge in [0.1, 0.15) is 0 Å². The first kappa shape index (κ1) is 22.9. The van der Waals surface area contributed by atoms with Crippen LogP contribution in [0, 0.1) is 5.92 Å². The number of nitrogens with zero attached hydrogens (tertiary/aromatic N) is 2. The second-order valence-corrected chi connectivity index (χ2v) is 8.08. The topological polar surface area (TPSA) is 51.2 Å². The third-order valence-corrected chi connectivity index (χ3v) is 6.43. The Morgan fingerprint density at radius 3 is 2.22 bits per heavy atom. The molecule has 158 valence electrons. The van der Waals surface area contributed by atoms with E-state index in [-0.39, 0.29) is 42.4 Å². The highest BCUT2D eigenvalue weighted by Crippen LogP contribution is 2.34. The van der Waals surface area contributed by atoms with Gasteiger partial charge < -0.3 is 14.2 Å². The van der Waals surface area contributed by atoms with E-state index in [1.165, 1.54) is 12.8 Å². The summed E-state index contributed by atoms with van der Waals surface area (Å²) >= 11 is 0. The lowest BCUT2D eigenvalue weighted by Crippen LogP contribution is -2.68. The van der Waals surface area contributed by atoms with Crippen LogP contribution in [0.4, 0.5) is 0 Å². The fourth-order valence-electron chi connectivity index (χ4n) is 4.58. The van der Waals surface area contributed by atoms with Crippen LogP contribution >= 0.6 is 12.4 Å². The van der Waals surface area contributed by atoms with Crippen molar-refractivity contribution >= 4 is 18.4 Å². The molecule has 0 aromatic heterocycles. The van der Waals surface area contributed by atoms with Crippen LogP contribution in [0.25, 0.3) is 0 Å². The summed E-state index contributed by atoms with van der Waals surface area (Å²) < 4.78 is 17.5. The fraction of sp³-hybridized carbons (Fsp3) is 0.950. The van der Waals surface area contributed by atoms with Crippen molar-refractivity contribution < 1.29 is 19.0 Å². The molecule has 0 radical (unpaired) electrons. The van der Waals surface area contributed by atoms with Gasteiger partial charge in [0.2, 0.25) is 0 Å². The molecule has 0 amide bonds. The molecule has 3 rings (SSSR count). The van der Waals surface area contributed by atoms with Gasteiger partial charge in [0.15, 0.2) is 6.35 Å². The number of carbonyl (C=O) groups excluding carboxylic acids is 1. The number of likely N-dealkylation sites (tertiary alicyclic amines) is 2. The first-order valence-electron chi connectivity index (χ1n) is 10.5. The van der Waals surface area contributed by atoms with Crippen LogP contribution in [0.3, 0.4) is 0 Å². The molecule has 3 fully saturated rings. The fourth-order valence-corrected chi connectivity index (χ4v) is 4.58. The molecule has 1 unspecified atom stereocenters. The molecule has 1 atom stereocenters. The highest BCUT2D eigenvalue weighted by atomic mass is 35.5. The normalized spacial score (nSPS) is 29.6. The molecule has 1 aliphatic carbocycles. The molecule has 0 aromatic rings. The monoisotopic (exact) mass is 404 g/mol. The SMILES string of the molecule is CCOC(=O)C1CCC(OC(N2CCCC2)N2CC(CC)(OC)C2)CC1.Cl. The maximum Gasteiger partial charge on any atom is 0.308 e. The molecule has 6 nitrogen and oxygen atoms in total. The van der Waals surface area contributed by atoms with Gasteiger partial charge in [-0.15, -0.1) is 12.4 Å².